The molecule has 2 saturated heterocycles. The van der Waals surface area contributed by atoms with E-state index in [1.54, 1.807) is 60.7 Å². The summed E-state index contributed by atoms with van der Waals surface area (Å²) in [5, 5.41) is 25.2. The van der Waals surface area contributed by atoms with Gasteiger partial charge in [-0.15, -0.1) is 0 Å². The number of aliphatic hydroxyl groups excluding tert-OH is 2. The molecule has 2 aliphatic rings. The van der Waals surface area contributed by atoms with Crippen LogP contribution in [0.5, 0.6) is 23.0 Å². The van der Waals surface area contributed by atoms with E-state index < -0.39 is 24.0 Å². The average molecular weight is 826 g/mol. The van der Waals surface area contributed by atoms with Crippen molar-refractivity contribution < 1.29 is 43.1 Å². The molecule has 304 valence electrons. The second-order valence-corrected chi connectivity index (χ2v) is 15.0. The van der Waals surface area contributed by atoms with Crippen molar-refractivity contribution in [1.82, 2.24) is 9.80 Å². The van der Waals surface area contributed by atoms with E-state index in [2.05, 4.69) is 9.80 Å². The summed E-state index contributed by atoms with van der Waals surface area (Å²) >= 11 is 12.4. The number of carbonyl (C=O) groups is 2. The van der Waals surface area contributed by atoms with E-state index in [0.717, 1.165) is 30.1 Å². The number of carbonyl (C=O) groups excluding carboxylic acids is 2. The molecule has 57 heavy (non-hydrogen) atoms. The van der Waals surface area contributed by atoms with Crippen LogP contribution in [0.1, 0.15) is 26.7 Å². The lowest BCUT2D eigenvalue weighted by Gasteiger charge is -2.35. The molecule has 0 bridgehead atoms. The Hall–Kier alpha value is -4.63. The Labute approximate surface area is 341 Å². The lowest BCUT2D eigenvalue weighted by Crippen LogP contribution is -2.49. The van der Waals surface area contributed by atoms with Crippen LogP contribution in [-0.2, 0) is 9.59 Å². The van der Waals surface area contributed by atoms with E-state index in [1.807, 2.05) is 12.1 Å². The van der Waals surface area contributed by atoms with Gasteiger partial charge in [0.25, 0.3) is 0 Å². The fraction of sp³-hybridized carbons (Fsp3) is 0.381. The van der Waals surface area contributed by atoms with Gasteiger partial charge in [-0.1, -0.05) is 35.3 Å². The number of likely N-dealkylation sites (tertiary alicyclic amines) is 2. The zero-order chi connectivity index (χ0) is 40.5. The SMILES string of the molecule is CC(=O)N(c1ccccc1OCC(O)CN1CCC(Oc2ccc(Cl)cc2)C1)N(C(C)=O)c1cc(Cl)ccc1OCC(O)CN1CCC(Oc2ccc(F)cc2)C1. The molecule has 2 fully saturated rings. The molecule has 4 aromatic carbocycles. The number of rotatable bonds is 16. The van der Waals surface area contributed by atoms with E-state index in [-0.39, 0.29) is 59.1 Å². The van der Waals surface area contributed by atoms with Gasteiger partial charge in [-0.3, -0.25) is 19.4 Å². The van der Waals surface area contributed by atoms with Gasteiger partial charge in [0.15, 0.2) is 0 Å². The molecule has 15 heteroatoms. The molecule has 0 aliphatic carbocycles. The van der Waals surface area contributed by atoms with Crippen molar-refractivity contribution in [3.8, 4) is 23.0 Å². The van der Waals surface area contributed by atoms with Crippen molar-refractivity contribution in [1.29, 1.82) is 0 Å². The molecule has 2 amide bonds. The number of halogens is 3. The Morgan fingerprint density at radius 1 is 0.702 bits per heavy atom. The maximum Gasteiger partial charge on any atom is 0.243 e. The highest BCUT2D eigenvalue weighted by Gasteiger charge is 2.32. The van der Waals surface area contributed by atoms with Gasteiger partial charge < -0.3 is 29.2 Å². The monoisotopic (exact) mass is 824 g/mol. The number of amides is 2. The van der Waals surface area contributed by atoms with Gasteiger partial charge in [0, 0.05) is 63.2 Å². The van der Waals surface area contributed by atoms with Gasteiger partial charge in [-0.2, -0.15) is 0 Å². The third-order valence-corrected chi connectivity index (χ3v) is 10.0. The minimum atomic E-state index is -0.907. The summed E-state index contributed by atoms with van der Waals surface area (Å²) in [7, 11) is 0. The predicted octanol–water partition coefficient (Wildman–Crippen LogP) is 6.24. The molecule has 0 aromatic heterocycles. The van der Waals surface area contributed by atoms with Crippen LogP contribution in [-0.4, -0.2) is 109 Å². The molecule has 4 aromatic rings. The van der Waals surface area contributed by atoms with E-state index in [1.165, 1.54) is 37.1 Å². The van der Waals surface area contributed by atoms with Crippen molar-refractivity contribution in [2.75, 3.05) is 62.5 Å². The van der Waals surface area contributed by atoms with E-state index >= 15 is 0 Å². The van der Waals surface area contributed by atoms with Crippen LogP contribution >= 0.6 is 23.2 Å². The number of hydrogen-bond donors (Lipinski definition) is 2. The summed E-state index contributed by atoms with van der Waals surface area (Å²) in [6.45, 7) is 5.70. The van der Waals surface area contributed by atoms with Gasteiger partial charge in [0.1, 0.15) is 77.8 Å². The molecule has 0 spiro atoms. The minimum absolute atomic E-state index is 0.0293. The van der Waals surface area contributed by atoms with E-state index in [4.69, 9.17) is 42.1 Å². The quantitative estimate of drug-likeness (QED) is 0.126. The first-order valence-electron chi connectivity index (χ1n) is 18.8. The maximum absolute atomic E-state index is 13.4. The van der Waals surface area contributed by atoms with Gasteiger partial charge in [0.2, 0.25) is 11.8 Å². The van der Waals surface area contributed by atoms with Crippen molar-refractivity contribution in [2.24, 2.45) is 0 Å². The first kappa shape index (κ1) is 42.0. The highest BCUT2D eigenvalue weighted by atomic mass is 35.5. The zero-order valence-electron chi connectivity index (χ0n) is 31.8. The van der Waals surface area contributed by atoms with Gasteiger partial charge >= 0.3 is 0 Å². The molecule has 2 N–H and O–H groups in total. The second kappa shape index (κ2) is 19.7. The lowest BCUT2D eigenvalue weighted by molar-refractivity contribution is -0.121. The fourth-order valence-corrected chi connectivity index (χ4v) is 7.26. The summed E-state index contributed by atoms with van der Waals surface area (Å²) in [6, 6.07) is 24.5. The zero-order valence-corrected chi connectivity index (χ0v) is 33.3. The Kier molecular flexibility index (Phi) is 14.5. The number of β-amino-alcohol motifs (C(OH)–C–C–N with tert-alkyl or cyclic N) is 2. The van der Waals surface area contributed by atoms with E-state index in [0.29, 0.717) is 43.5 Å². The highest BCUT2D eigenvalue weighted by molar-refractivity contribution is 6.31. The Morgan fingerprint density at radius 2 is 1.18 bits per heavy atom. The van der Waals surface area contributed by atoms with Crippen LogP contribution in [0.4, 0.5) is 15.8 Å². The summed E-state index contributed by atoms with van der Waals surface area (Å²) in [5.74, 6) is 0.409. The van der Waals surface area contributed by atoms with Gasteiger partial charge in [0.05, 0.1) is 0 Å². The Balaban J connectivity index is 1.08. The molecule has 4 atom stereocenters. The highest BCUT2D eigenvalue weighted by Crippen LogP contribution is 2.37. The number of aliphatic hydroxyl groups is 2. The van der Waals surface area contributed by atoms with Crippen molar-refractivity contribution in [2.45, 2.75) is 51.1 Å². The fourth-order valence-electron chi connectivity index (χ4n) is 6.97. The average Bonchev–Trinajstić information content (AvgIpc) is 3.82. The number of ether oxygens (including phenoxy) is 4. The number of nitrogens with zero attached hydrogens (tertiary/aromatic N) is 4. The van der Waals surface area contributed by atoms with E-state index in [9.17, 15) is 24.2 Å². The summed E-state index contributed by atoms with van der Waals surface area (Å²) < 4.78 is 37.6. The van der Waals surface area contributed by atoms with Crippen LogP contribution in [0.15, 0.2) is 91.0 Å². The number of hydrogen-bond acceptors (Lipinski definition) is 10. The first-order chi connectivity index (χ1) is 27.4. The van der Waals surface area contributed by atoms with Crippen LogP contribution in [0.2, 0.25) is 10.0 Å². The van der Waals surface area contributed by atoms with Gasteiger partial charge in [-0.05, 0) is 91.7 Å². The van der Waals surface area contributed by atoms with Crippen LogP contribution in [0, 0.1) is 5.82 Å². The third kappa shape index (κ3) is 11.7. The number of anilines is 2. The molecule has 0 saturated carbocycles. The molecule has 2 heterocycles. The molecular weight excluding hydrogens is 778 g/mol. The standard InChI is InChI=1S/C42H47Cl2FN4O8/c1-28(50)48(39-5-3-4-6-41(39)54-26-33(52)22-46-19-17-37(24-46)56-35-12-7-30(43)8-13-35)49(29(2)51)40-21-31(44)9-16-42(40)55-27-34(53)23-47-20-18-38(25-47)57-36-14-10-32(45)11-15-36/h3-16,21,33-34,37-38,52-53H,17-20,22-27H2,1-2H3. The maximum atomic E-state index is 13.4. The largest absolute Gasteiger partial charge is 0.489 e. The number of para-hydroxylation sites is 2. The Bertz CT molecular complexity index is 1960. The molecule has 4 unspecified atom stereocenters. The molecule has 2 aliphatic heterocycles. The normalized spacial score (nSPS) is 18.2. The molecule has 12 nitrogen and oxygen atoms in total. The van der Waals surface area contributed by atoms with Crippen LogP contribution in [0.3, 0.4) is 0 Å². The topological polar surface area (TPSA) is 124 Å². The Morgan fingerprint density at radius 3 is 1.72 bits per heavy atom. The van der Waals surface area contributed by atoms with Crippen molar-refractivity contribution in [3.63, 3.8) is 0 Å². The van der Waals surface area contributed by atoms with Crippen LogP contribution in [0.25, 0.3) is 0 Å². The summed E-state index contributed by atoms with van der Waals surface area (Å²) in [4.78, 5) is 31.0. The number of benzene rings is 4. The third-order valence-electron chi connectivity index (χ3n) is 9.53. The number of hydrazine groups is 1. The lowest BCUT2D eigenvalue weighted by atomic mass is 10.2. The van der Waals surface area contributed by atoms with Gasteiger partial charge in [-0.25, -0.2) is 14.4 Å². The molecule has 0 radical (unpaired) electrons. The van der Waals surface area contributed by atoms with Crippen molar-refractivity contribution >= 4 is 46.4 Å². The second-order valence-electron chi connectivity index (χ2n) is 14.2. The van der Waals surface area contributed by atoms with Crippen molar-refractivity contribution in [3.05, 3.63) is 107 Å². The predicted molar refractivity (Wildman–Crippen MR) is 216 cm³/mol. The molecule has 6 rings (SSSR count). The summed E-state index contributed by atoms with van der Waals surface area (Å²) in [6.07, 6.45) is -0.368. The first-order valence-corrected chi connectivity index (χ1v) is 19.6. The molecular formula is C42H47Cl2FN4O8. The van der Waals surface area contributed by atoms with Crippen LogP contribution < -0.4 is 29.0 Å². The minimum Gasteiger partial charge on any atom is -0.489 e. The summed E-state index contributed by atoms with van der Waals surface area (Å²) in [5.41, 5.74) is 0.424. The smallest absolute Gasteiger partial charge is 0.243 e.